The van der Waals surface area contributed by atoms with Crippen molar-refractivity contribution in [3.8, 4) is 0 Å². The van der Waals surface area contributed by atoms with Crippen LogP contribution in [-0.2, 0) is 28.1 Å². The Bertz CT molecular complexity index is 1640. The second-order valence-corrected chi connectivity index (χ2v) is 12.9. The number of tetrazole rings is 1. The van der Waals surface area contributed by atoms with Gasteiger partial charge in [0.2, 0.25) is 5.91 Å². The number of piperidine rings is 1. The third kappa shape index (κ3) is 5.52. The summed E-state index contributed by atoms with van der Waals surface area (Å²) in [5.41, 5.74) is 1.10. The van der Waals surface area contributed by atoms with E-state index in [9.17, 15) is 13.2 Å². The highest BCUT2D eigenvalue weighted by molar-refractivity contribution is 7.91. The predicted molar refractivity (Wildman–Crippen MR) is 146 cm³/mol. The molecule has 13 heteroatoms. The van der Waals surface area contributed by atoms with Gasteiger partial charge in [-0.1, -0.05) is 28.9 Å². The number of halogens is 1. The molecule has 0 radical (unpaired) electrons. The molecule has 2 aromatic heterocycles. The van der Waals surface area contributed by atoms with E-state index in [1.807, 2.05) is 7.05 Å². The number of aromatic nitrogens is 5. The van der Waals surface area contributed by atoms with Gasteiger partial charge < -0.3 is 9.47 Å². The second-order valence-electron chi connectivity index (χ2n) is 9.36. The molecule has 0 atom stereocenters. The van der Waals surface area contributed by atoms with E-state index in [2.05, 4.69) is 30.2 Å². The molecule has 1 aliphatic heterocycles. The molecule has 1 N–H and O–H groups in total. The Kier molecular flexibility index (Phi) is 7.64. The van der Waals surface area contributed by atoms with Crippen LogP contribution in [0.15, 0.2) is 46.3 Å². The molecule has 0 spiro atoms. The van der Waals surface area contributed by atoms with Crippen LogP contribution in [0.1, 0.15) is 41.6 Å². The third-order valence-corrected chi connectivity index (χ3v) is 10.4. The highest BCUT2D eigenvalue weighted by Crippen LogP contribution is 2.33. The van der Waals surface area contributed by atoms with Crippen molar-refractivity contribution in [3.05, 3.63) is 62.6 Å². The number of H-pyrrole nitrogens is 1. The number of hydrogen-bond acceptors (Lipinski definition) is 8. The number of sulfone groups is 1. The number of carbonyl (C=O) groups excluding carboxylic acids is 1. The number of hydrogen-bond donors (Lipinski definition) is 1. The molecule has 1 fully saturated rings. The lowest BCUT2D eigenvalue weighted by Crippen LogP contribution is -2.38. The summed E-state index contributed by atoms with van der Waals surface area (Å²) < 4.78 is 28.0. The number of aromatic amines is 1. The molecule has 10 nitrogen and oxygen atoms in total. The van der Waals surface area contributed by atoms with Crippen molar-refractivity contribution in [1.82, 2.24) is 30.1 Å². The molecule has 1 saturated heterocycles. The number of benzene rings is 2. The van der Waals surface area contributed by atoms with Gasteiger partial charge in [0.1, 0.15) is 0 Å². The van der Waals surface area contributed by atoms with Crippen LogP contribution in [0.3, 0.4) is 0 Å². The van der Waals surface area contributed by atoms with Gasteiger partial charge in [-0.05, 0) is 53.8 Å². The number of thiazole rings is 1. The molecule has 0 aliphatic carbocycles. The van der Waals surface area contributed by atoms with Gasteiger partial charge in [0.25, 0.3) is 0 Å². The van der Waals surface area contributed by atoms with Gasteiger partial charge in [0, 0.05) is 49.2 Å². The van der Waals surface area contributed by atoms with Gasteiger partial charge in [0.15, 0.2) is 20.5 Å². The number of rotatable bonds is 7. The first-order chi connectivity index (χ1) is 18.2. The Morgan fingerprint density at radius 3 is 2.63 bits per heavy atom. The van der Waals surface area contributed by atoms with Crippen molar-refractivity contribution in [3.63, 3.8) is 0 Å². The highest BCUT2D eigenvalue weighted by Gasteiger charge is 2.29. The molecule has 0 unspecified atom stereocenters. The van der Waals surface area contributed by atoms with Crippen molar-refractivity contribution in [1.29, 1.82) is 0 Å². The lowest BCUT2D eigenvalue weighted by molar-refractivity contribution is -0.131. The summed E-state index contributed by atoms with van der Waals surface area (Å²) in [5, 5.41) is 16.6. The zero-order valence-corrected chi connectivity index (χ0v) is 23.5. The summed E-state index contributed by atoms with van der Waals surface area (Å²) in [6.45, 7) is 1.17. The van der Waals surface area contributed by atoms with Gasteiger partial charge >= 0.3 is 0 Å². The quantitative estimate of drug-likeness (QED) is 0.362. The molecule has 1 amide bonds. The van der Waals surface area contributed by atoms with Crippen LogP contribution < -0.4 is 4.80 Å². The number of carbonyl (C=O) groups is 1. The molecule has 3 heterocycles. The van der Waals surface area contributed by atoms with E-state index in [4.69, 9.17) is 11.6 Å². The summed E-state index contributed by atoms with van der Waals surface area (Å²) >= 11 is 7.68. The zero-order chi connectivity index (χ0) is 26.9. The van der Waals surface area contributed by atoms with Gasteiger partial charge in [-0.2, -0.15) is 5.21 Å². The highest BCUT2D eigenvalue weighted by atomic mass is 35.5. The average Bonchev–Trinajstić information content (AvgIpc) is 3.55. The molecular formula is C25H28ClN7O3S2. The normalized spacial score (nSPS) is 15.4. The molecule has 4 aromatic rings. The minimum Gasteiger partial charge on any atom is -0.343 e. The van der Waals surface area contributed by atoms with Crippen LogP contribution in [-0.4, -0.2) is 70.3 Å². The Hall–Kier alpha value is -3.09. The number of nitrogens with zero attached hydrogens (tertiary/aromatic N) is 6. The van der Waals surface area contributed by atoms with Crippen molar-refractivity contribution in [2.75, 3.05) is 25.9 Å². The Morgan fingerprint density at radius 2 is 1.92 bits per heavy atom. The van der Waals surface area contributed by atoms with Crippen molar-refractivity contribution >= 4 is 49.5 Å². The van der Waals surface area contributed by atoms with Crippen LogP contribution in [0, 0.1) is 0 Å². The standard InChI is InChI=1S/C25H28ClN7O3S2/c1-27-25-32(2)21(15-22-28-30-31-29-22)24(37-25)16-7-10-33(11-8-16)23(34)9-12-38(35,36)20-6-4-17-13-19(26)5-3-18(17)14-20/h3-6,13-14,16H,7-12,15H2,1-2H3,(H,28,29,30,31). The van der Waals surface area contributed by atoms with E-state index in [1.54, 1.807) is 59.7 Å². The number of amides is 1. The van der Waals surface area contributed by atoms with Crippen LogP contribution in [0.5, 0.6) is 0 Å². The molecule has 1 aliphatic rings. The first-order valence-corrected chi connectivity index (χ1v) is 15.1. The predicted octanol–water partition coefficient (Wildman–Crippen LogP) is 3.10. The minimum atomic E-state index is -3.60. The van der Waals surface area contributed by atoms with E-state index in [1.165, 1.54) is 4.88 Å². The largest absolute Gasteiger partial charge is 0.343 e. The summed E-state index contributed by atoms with van der Waals surface area (Å²) in [4.78, 5) is 21.5. The van der Waals surface area contributed by atoms with Gasteiger partial charge in [-0.3, -0.25) is 9.79 Å². The molecule has 0 bridgehead atoms. The molecule has 2 aromatic carbocycles. The van der Waals surface area contributed by atoms with Crippen LogP contribution in [0.2, 0.25) is 5.02 Å². The van der Waals surface area contributed by atoms with Gasteiger partial charge in [0.05, 0.1) is 17.1 Å². The molecule has 38 heavy (non-hydrogen) atoms. The fraction of sp³-hybridized carbons (Fsp3) is 0.400. The van der Waals surface area contributed by atoms with E-state index < -0.39 is 9.84 Å². The number of nitrogens with one attached hydrogen (secondary N) is 1. The number of fused-ring (bicyclic) bond motifs is 1. The first kappa shape index (κ1) is 26.5. The topological polar surface area (TPSA) is 126 Å². The molecule has 0 saturated carbocycles. The van der Waals surface area contributed by atoms with E-state index >= 15 is 0 Å². The summed E-state index contributed by atoms with van der Waals surface area (Å²) in [7, 11) is 0.166. The maximum atomic E-state index is 13.0. The van der Waals surface area contributed by atoms with E-state index in [0.29, 0.717) is 30.4 Å². The second kappa shape index (κ2) is 11.0. The van der Waals surface area contributed by atoms with Crippen molar-refractivity contribution < 1.29 is 13.2 Å². The van der Waals surface area contributed by atoms with Crippen LogP contribution in [0.25, 0.3) is 10.8 Å². The molecule has 200 valence electrons. The minimum absolute atomic E-state index is 0.0401. The van der Waals surface area contributed by atoms with Gasteiger partial charge in [-0.25, -0.2) is 8.42 Å². The average molecular weight is 574 g/mol. The summed E-state index contributed by atoms with van der Waals surface area (Å²) in [6.07, 6.45) is 2.11. The first-order valence-electron chi connectivity index (χ1n) is 12.3. The van der Waals surface area contributed by atoms with Gasteiger partial charge in [-0.15, -0.1) is 21.5 Å². The van der Waals surface area contributed by atoms with Crippen LogP contribution >= 0.6 is 22.9 Å². The fourth-order valence-electron chi connectivity index (χ4n) is 4.91. The van der Waals surface area contributed by atoms with E-state index in [-0.39, 0.29) is 28.9 Å². The SMILES string of the molecule is CN=c1sc(C2CCN(C(=O)CCS(=O)(=O)c3ccc4cc(Cl)ccc4c3)CC2)c(Cc2nn[nH]n2)n1C. The fourth-order valence-corrected chi connectivity index (χ4v) is 7.62. The number of likely N-dealkylation sites (tertiary alicyclic amines) is 1. The third-order valence-electron chi connectivity index (χ3n) is 7.02. The van der Waals surface area contributed by atoms with E-state index in [0.717, 1.165) is 34.1 Å². The van der Waals surface area contributed by atoms with Crippen molar-refractivity contribution in [2.45, 2.75) is 36.5 Å². The Labute approximate surface area is 229 Å². The van der Waals surface area contributed by atoms with Crippen molar-refractivity contribution in [2.24, 2.45) is 12.0 Å². The Morgan fingerprint density at radius 1 is 1.18 bits per heavy atom. The monoisotopic (exact) mass is 573 g/mol. The zero-order valence-electron chi connectivity index (χ0n) is 21.1. The Balaban J connectivity index is 1.22. The molecule has 5 rings (SSSR count). The maximum Gasteiger partial charge on any atom is 0.223 e. The summed E-state index contributed by atoms with van der Waals surface area (Å²) in [6, 6.07) is 10.3. The molecular weight excluding hydrogens is 546 g/mol. The smallest absolute Gasteiger partial charge is 0.223 e. The summed E-state index contributed by atoms with van der Waals surface area (Å²) in [5.74, 6) is 0.545. The lowest BCUT2D eigenvalue weighted by Gasteiger charge is -2.32. The van der Waals surface area contributed by atoms with Crippen LogP contribution in [0.4, 0.5) is 0 Å². The lowest BCUT2D eigenvalue weighted by atomic mass is 9.93. The maximum absolute atomic E-state index is 13.0.